The van der Waals surface area contributed by atoms with Crippen LogP contribution < -0.4 is 5.32 Å². The van der Waals surface area contributed by atoms with E-state index in [0.29, 0.717) is 10.0 Å². The SMILES string of the molecule is Cc1cnc2c(c1)CC(c1cc(Nc3ccc(Cl)cc3)ccc1Cl)=N2. The maximum absolute atomic E-state index is 6.43. The van der Waals surface area contributed by atoms with Crippen molar-refractivity contribution >= 4 is 46.1 Å². The van der Waals surface area contributed by atoms with E-state index < -0.39 is 0 Å². The van der Waals surface area contributed by atoms with Crippen LogP contribution in [0.5, 0.6) is 0 Å². The van der Waals surface area contributed by atoms with Gasteiger partial charge in [-0.25, -0.2) is 9.98 Å². The second kappa shape index (κ2) is 6.51. The lowest BCUT2D eigenvalue weighted by molar-refractivity contribution is 1.21. The standard InChI is InChI=1S/C20H15Cl2N3/c1-12-8-13-9-19(25-20(13)23-11-12)17-10-16(6-7-18(17)22)24-15-4-2-14(21)3-5-15/h2-8,10-11,24H,9H2,1H3. The highest BCUT2D eigenvalue weighted by molar-refractivity contribution is 6.34. The van der Waals surface area contributed by atoms with Crippen LogP contribution in [-0.4, -0.2) is 10.7 Å². The minimum atomic E-state index is 0.685. The zero-order valence-electron chi connectivity index (χ0n) is 13.6. The lowest BCUT2D eigenvalue weighted by Crippen LogP contribution is -2.02. The first-order chi connectivity index (χ1) is 12.1. The number of hydrogen-bond acceptors (Lipinski definition) is 3. The summed E-state index contributed by atoms with van der Waals surface area (Å²) in [5.74, 6) is 0.785. The number of aromatic nitrogens is 1. The summed E-state index contributed by atoms with van der Waals surface area (Å²) in [5, 5.41) is 4.76. The number of nitrogens with zero attached hydrogens (tertiary/aromatic N) is 2. The maximum atomic E-state index is 6.43. The van der Waals surface area contributed by atoms with Crippen LogP contribution in [0.4, 0.5) is 17.2 Å². The van der Waals surface area contributed by atoms with Crippen LogP contribution in [0.15, 0.2) is 59.7 Å². The van der Waals surface area contributed by atoms with E-state index in [-0.39, 0.29) is 0 Å². The topological polar surface area (TPSA) is 37.3 Å². The molecule has 0 atom stereocenters. The van der Waals surface area contributed by atoms with Crippen molar-refractivity contribution in [2.24, 2.45) is 4.99 Å². The molecule has 0 saturated heterocycles. The van der Waals surface area contributed by atoms with Crippen LogP contribution >= 0.6 is 23.2 Å². The van der Waals surface area contributed by atoms with E-state index >= 15 is 0 Å². The molecule has 124 valence electrons. The number of anilines is 2. The molecule has 0 unspecified atom stereocenters. The molecule has 0 saturated carbocycles. The molecule has 4 rings (SSSR count). The van der Waals surface area contributed by atoms with Gasteiger partial charge < -0.3 is 5.32 Å². The summed E-state index contributed by atoms with van der Waals surface area (Å²) < 4.78 is 0. The van der Waals surface area contributed by atoms with Crippen LogP contribution in [0.1, 0.15) is 16.7 Å². The second-order valence-electron chi connectivity index (χ2n) is 6.06. The average Bonchev–Trinajstić information content (AvgIpc) is 3.01. The van der Waals surface area contributed by atoms with Gasteiger partial charge in [0, 0.05) is 45.2 Å². The average molecular weight is 368 g/mol. The molecule has 1 aliphatic rings. The van der Waals surface area contributed by atoms with Gasteiger partial charge in [0.15, 0.2) is 5.82 Å². The largest absolute Gasteiger partial charge is 0.356 e. The Labute approximate surface area is 156 Å². The number of benzene rings is 2. The maximum Gasteiger partial charge on any atom is 0.155 e. The van der Waals surface area contributed by atoms with Gasteiger partial charge in [0.1, 0.15) is 0 Å². The Balaban J connectivity index is 1.64. The highest BCUT2D eigenvalue weighted by Gasteiger charge is 2.19. The number of pyridine rings is 1. The van der Waals surface area contributed by atoms with Gasteiger partial charge in [-0.1, -0.05) is 29.3 Å². The van der Waals surface area contributed by atoms with Crippen molar-refractivity contribution in [3.05, 3.63) is 81.5 Å². The van der Waals surface area contributed by atoms with E-state index in [1.807, 2.05) is 55.6 Å². The second-order valence-corrected chi connectivity index (χ2v) is 6.90. The molecule has 3 nitrogen and oxygen atoms in total. The number of aliphatic imine (C=N–C) groups is 1. The first kappa shape index (κ1) is 16.1. The third-order valence-corrected chi connectivity index (χ3v) is 4.67. The molecule has 0 fully saturated rings. The predicted molar refractivity (Wildman–Crippen MR) is 105 cm³/mol. The summed E-state index contributed by atoms with van der Waals surface area (Å²) in [5.41, 5.74) is 6.06. The fraction of sp³-hybridized carbons (Fsp3) is 0.100. The van der Waals surface area contributed by atoms with Crippen LogP contribution in [0.25, 0.3) is 0 Å². The van der Waals surface area contributed by atoms with Crippen LogP contribution in [0, 0.1) is 6.92 Å². The van der Waals surface area contributed by atoms with Crippen molar-refractivity contribution in [3.63, 3.8) is 0 Å². The molecule has 25 heavy (non-hydrogen) atoms. The van der Waals surface area contributed by atoms with Crippen molar-refractivity contribution in [1.82, 2.24) is 4.98 Å². The van der Waals surface area contributed by atoms with Crippen molar-refractivity contribution in [3.8, 4) is 0 Å². The Kier molecular flexibility index (Phi) is 4.20. The molecule has 0 radical (unpaired) electrons. The minimum Gasteiger partial charge on any atom is -0.356 e. The van der Waals surface area contributed by atoms with Crippen LogP contribution in [0.2, 0.25) is 10.0 Å². The summed E-state index contributed by atoms with van der Waals surface area (Å²) in [7, 11) is 0. The third-order valence-electron chi connectivity index (χ3n) is 4.09. The van der Waals surface area contributed by atoms with Crippen molar-refractivity contribution < 1.29 is 0 Å². The van der Waals surface area contributed by atoms with Gasteiger partial charge in [-0.15, -0.1) is 0 Å². The van der Waals surface area contributed by atoms with Crippen molar-refractivity contribution in [1.29, 1.82) is 0 Å². The van der Waals surface area contributed by atoms with Gasteiger partial charge in [0.05, 0.1) is 5.71 Å². The van der Waals surface area contributed by atoms with E-state index in [1.54, 1.807) is 0 Å². The van der Waals surface area contributed by atoms with Gasteiger partial charge in [-0.2, -0.15) is 0 Å². The van der Waals surface area contributed by atoms with Crippen molar-refractivity contribution in [2.75, 3.05) is 5.32 Å². The van der Waals surface area contributed by atoms with Gasteiger partial charge in [-0.3, -0.25) is 0 Å². The van der Waals surface area contributed by atoms with Gasteiger partial charge in [-0.05, 0) is 55.0 Å². The summed E-state index contributed by atoms with van der Waals surface area (Å²) >= 11 is 12.4. The predicted octanol–water partition coefficient (Wildman–Crippen LogP) is 6.12. The molecule has 3 aromatic rings. The minimum absolute atomic E-state index is 0.685. The molecular formula is C20H15Cl2N3. The molecule has 5 heteroatoms. The molecule has 1 aromatic heterocycles. The molecule has 2 heterocycles. The lowest BCUT2D eigenvalue weighted by atomic mass is 10.0. The Hall–Kier alpha value is -2.36. The van der Waals surface area contributed by atoms with Crippen molar-refractivity contribution in [2.45, 2.75) is 13.3 Å². The number of aryl methyl sites for hydroxylation is 1. The zero-order valence-corrected chi connectivity index (χ0v) is 15.1. The monoisotopic (exact) mass is 367 g/mol. The quantitative estimate of drug-likeness (QED) is 0.605. The molecule has 0 bridgehead atoms. The van der Waals surface area contributed by atoms with Crippen LogP contribution in [-0.2, 0) is 6.42 Å². The summed E-state index contributed by atoms with van der Waals surface area (Å²) in [4.78, 5) is 9.06. The third kappa shape index (κ3) is 3.39. The van der Waals surface area contributed by atoms with Gasteiger partial charge in [0.2, 0.25) is 0 Å². The smallest absolute Gasteiger partial charge is 0.155 e. The first-order valence-electron chi connectivity index (χ1n) is 7.94. The van der Waals surface area contributed by atoms with E-state index in [0.717, 1.165) is 46.0 Å². The molecular weight excluding hydrogens is 353 g/mol. The highest BCUT2D eigenvalue weighted by Crippen LogP contribution is 2.31. The van der Waals surface area contributed by atoms with Gasteiger partial charge >= 0.3 is 0 Å². The Morgan fingerprint density at radius 1 is 0.960 bits per heavy atom. The number of hydrogen-bond donors (Lipinski definition) is 1. The Morgan fingerprint density at radius 2 is 1.72 bits per heavy atom. The van der Waals surface area contributed by atoms with E-state index in [4.69, 9.17) is 23.2 Å². The zero-order chi connectivity index (χ0) is 17.4. The van der Waals surface area contributed by atoms with E-state index in [2.05, 4.69) is 21.4 Å². The van der Waals surface area contributed by atoms with E-state index in [1.165, 1.54) is 0 Å². The van der Waals surface area contributed by atoms with Crippen LogP contribution in [0.3, 0.4) is 0 Å². The Morgan fingerprint density at radius 3 is 2.52 bits per heavy atom. The first-order valence-corrected chi connectivity index (χ1v) is 8.70. The molecule has 0 spiro atoms. The summed E-state index contributed by atoms with van der Waals surface area (Å²) in [6.07, 6.45) is 2.58. The number of halogens is 2. The fourth-order valence-electron chi connectivity index (χ4n) is 2.88. The highest BCUT2D eigenvalue weighted by atomic mass is 35.5. The molecule has 2 aromatic carbocycles. The molecule has 1 aliphatic heterocycles. The normalized spacial score (nSPS) is 12.7. The molecule has 1 N–H and O–H groups in total. The number of rotatable bonds is 3. The molecule has 0 amide bonds. The fourth-order valence-corrected chi connectivity index (χ4v) is 3.23. The van der Waals surface area contributed by atoms with E-state index in [9.17, 15) is 0 Å². The lowest BCUT2D eigenvalue weighted by Gasteiger charge is -2.10. The summed E-state index contributed by atoms with van der Waals surface area (Å²) in [6.45, 7) is 2.04. The Bertz CT molecular complexity index is 979. The number of nitrogens with one attached hydrogen (secondary N) is 1. The van der Waals surface area contributed by atoms with Gasteiger partial charge in [0.25, 0.3) is 0 Å². The molecule has 0 aliphatic carbocycles. The summed E-state index contributed by atoms with van der Waals surface area (Å²) in [6, 6.07) is 15.6. The number of fused-ring (bicyclic) bond motifs is 1.